The van der Waals surface area contributed by atoms with Crippen molar-refractivity contribution in [2.75, 3.05) is 6.54 Å². The Balaban J connectivity index is 2.37. The van der Waals surface area contributed by atoms with E-state index in [4.69, 9.17) is 5.73 Å². The third kappa shape index (κ3) is 4.86. The Hall–Kier alpha value is -0.740. The molecule has 1 rings (SSSR count). The number of nitrogens with zero attached hydrogens (tertiary/aromatic N) is 1. The van der Waals surface area contributed by atoms with Crippen molar-refractivity contribution in [3.05, 3.63) is 15.6 Å². The smallest absolute Gasteiger partial charge is 0.139 e. The fraction of sp³-hybridized carbons (Fsp3) is 0.714. The molecule has 102 valence electrons. The topological polar surface area (TPSA) is 56.0 Å². The molecule has 0 spiro atoms. The standard InChI is InChI=1S/C14H24N2OS/c1-4-12(7-8-15)5-6-13(17)9-14-16-10(2)11(3)18-14/h12H,4-9,15H2,1-3H3. The molecule has 0 aliphatic carbocycles. The normalized spacial score (nSPS) is 12.7. The largest absolute Gasteiger partial charge is 0.330 e. The second-order valence-corrected chi connectivity index (χ2v) is 6.14. The van der Waals surface area contributed by atoms with Gasteiger partial charge >= 0.3 is 0 Å². The van der Waals surface area contributed by atoms with Gasteiger partial charge in [0.1, 0.15) is 10.8 Å². The molecule has 2 N–H and O–H groups in total. The van der Waals surface area contributed by atoms with E-state index in [0.29, 0.717) is 24.5 Å². The van der Waals surface area contributed by atoms with Crippen molar-refractivity contribution in [1.82, 2.24) is 4.98 Å². The van der Waals surface area contributed by atoms with Crippen LogP contribution in [0.3, 0.4) is 0 Å². The fourth-order valence-corrected chi connectivity index (χ4v) is 2.99. The first-order valence-corrected chi connectivity index (χ1v) is 7.53. The maximum Gasteiger partial charge on any atom is 0.139 e. The number of thiazole rings is 1. The van der Waals surface area contributed by atoms with Crippen LogP contribution in [0.2, 0.25) is 0 Å². The second kappa shape index (κ2) is 7.64. The summed E-state index contributed by atoms with van der Waals surface area (Å²) in [5.41, 5.74) is 6.61. The molecule has 0 amide bonds. The highest BCUT2D eigenvalue weighted by molar-refractivity contribution is 7.11. The van der Waals surface area contributed by atoms with E-state index in [1.165, 1.54) is 4.88 Å². The van der Waals surface area contributed by atoms with Gasteiger partial charge in [0, 0.05) is 11.3 Å². The number of aromatic nitrogens is 1. The van der Waals surface area contributed by atoms with Crippen molar-refractivity contribution in [1.29, 1.82) is 0 Å². The monoisotopic (exact) mass is 268 g/mol. The van der Waals surface area contributed by atoms with E-state index in [-0.39, 0.29) is 0 Å². The minimum absolute atomic E-state index is 0.305. The lowest BCUT2D eigenvalue weighted by Gasteiger charge is -2.12. The zero-order valence-corrected chi connectivity index (χ0v) is 12.5. The molecule has 0 aliphatic heterocycles. The number of carbonyl (C=O) groups excluding carboxylic acids is 1. The Morgan fingerprint density at radius 2 is 2.11 bits per heavy atom. The minimum Gasteiger partial charge on any atom is -0.330 e. The second-order valence-electron chi connectivity index (χ2n) is 4.85. The van der Waals surface area contributed by atoms with Gasteiger partial charge in [0.05, 0.1) is 12.1 Å². The summed E-state index contributed by atoms with van der Waals surface area (Å²) in [5.74, 6) is 0.901. The van der Waals surface area contributed by atoms with Gasteiger partial charge in [-0.3, -0.25) is 4.79 Å². The van der Waals surface area contributed by atoms with Crippen LogP contribution in [0.1, 0.15) is 48.2 Å². The lowest BCUT2D eigenvalue weighted by Crippen LogP contribution is -2.11. The summed E-state index contributed by atoms with van der Waals surface area (Å²) in [6.45, 7) is 6.93. The molecule has 0 radical (unpaired) electrons. The Kier molecular flexibility index (Phi) is 6.50. The predicted molar refractivity (Wildman–Crippen MR) is 77.0 cm³/mol. The number of hydrogen-bond acceptors (Lipinski definition) is 4. The van der Waals surface area contributed by atoms with E-state index in [9.17, 15) is 4.79 Å². The number of carbonyl (C=O) groups is 1. The highest BCUT2D eigenvalue weighted by atomic mass is 32.1. The minimum atomic E-state index is 0.305. The molecule has 4 heteroatoms. The molecule has 0 saturated heterocycles. The Labute approximate surface area is 114 Å². The Morgan fingerprint density at radius 3 is 2.61 bits per heavy atom. The average Bonchev–Trinajstić information content (AvgIpc) is 2.63. The van der Waals surface area contributed by atoms with Crippen LogP contribution in [0.4, 0.5) is 0 Å². The van der Waals surface area contributed by atoms with Gasteiger partial charge in [-0.05, 0) is 39.2 Å². The SMILES string of the molecule is CCC(CCN)CCC(=O)Cc1nc(C)c(C)s1. The van der Waals surface area contributed by atoms with E-state index in [1.807, 2.05) is 6.92 Å². The van der Waals surface area contributed by atoms with Crippen molar-refractivity contribution in [2.45, 2.75) is 52.9 Å². The van der Waals surface area contributed by atoms with Gasteiger partial charge in [-0.1, -0.05) is 13.3 Å². The van der Waals surface area contributed by atoms with Gasteiger partial charge < -0.3 is 5.73 Å². The molecule has 0 bridgehead atoms. The van der Waals surface area contributed by atoms with Crippen molar-refractivity contribution >= 4 is 17.1 Å². The molecule has 0 fully saturated rings. The van der Waals surface area contributed by atoms with Crippen molar-refractivity contribution in [2.24, 2.45) is 11.7 Å². The number of hydrogen-bond donors (Lipinski definition) is 1. The maximum atomic E-state index is 11.9. The zero-order valence-electron chi connectivity index (χ0n) is 11.7. The van der Waals surface area contributed by atoms with Crippen LogP contribution in [0.5, 0.6) is 0 Å². The van der Waals surface area contributed by atoms with Gasteiger partial charge in [-0.2, -0.15) is 0 Å². The lowest BCUT2D eigenvalue weighted by molar-refractivity contribution is -0.118. The molecule has 1 atom stereocenters. The molecule has 1 unspecified atom stereocenters. The summed E-state index contributed by atoms with van der Waals surface area (Å²) in [6, 6.07) is 0. The predicted octanol–water partition coefficient (Wildman–Crippen LogP) is 3.03. The number of aryl methyl sites for hydroxylation is 2. The van der Waals surface area contributed by atoms with Crippen LogP contribution in [-0.2, 0) is 11.2 Å². The third-order valence-corrected chi connectivity index (χ3v) is 4.48. The van der Waals surface area contributed by atoms with Crippen molar-refractivity contribution in [3.63, 3.8) is 0 Å². The summed E-state index contributed by atoms with van der Waals surface area (Å²) in [5, 5.41) is 0.960. The first kappa shape index (κ1) is 15.3. The number of Topliss-reactive ketones (excluding diaryl/α,β-unsaturated/α-hetero) is 1. The Bertz CT molecular complexity index is 368. The van der Waals surface area contributed by atoms with Crippen LogP contribution in [0.25, 0.3) is 0 Å². The Morgan fingerprint density at radius 1 is 1.39 bits per heavy atom. The number of ketones is 1. The van der Waals surface area contributed by atoms with Crippen LogP contribution in [-0.4, -0.2) is 17.3 Å². The summed E-state index contributed by atoms with van der Waals surface area (Å²) < 4.78 is 0. The molecule has 0 aliphatic rings. The van der Waals surface area contributed by atoms with E-state index < -0.39 is 0 Å². The third-order valence-electron chi connectivity index (χ3n) is 3.40. The summed E-state index contributed by atoms with van der Waals surface area (Å²) in [4.78, 5) is 17.5. The van der Waals surface area contributed by atoms with E-state index in [0.717, 1.165) is 36.5 Å². The van der Waals surface area contributed by atoms with Crippen molar-refractivity contribution in [3.8, 4) is 0 Å². The molecule has 1 aromatic heterocycles. The van der Waals surface area contributed by atoms with E-state index >= 15 is 0 Å². The fourth-order valence-electron chi connectivity index (χ4n) is 2.03. The summed E-state index contributed by atoms with van der Waals surface area (Å²) in [7, 11) is 0. The number of nitrogens with two attached hydrogens (primary N) is 1. The van der Waals surface area contributed by atoms with E-state index in [2.05, 4.69) is 18.8 Å². The first-order chi connectivity index (χ1) is 8.56. The molecule has 1 heterocycles. The molecule has 3 nitrogen and oxygen atoms in total. The highest BCUT2D eigenvalue weighted by Crippen LogP contribution is 2.19. The molecular weight excluding hydrogens is 244 g/mol. The first-order valence-electron chi connectivity index (χ1n) is 6.71. The van der Waals surface area contributed by atoms with Crippen LogP contribution in [0, 0.1) is 19.8 Å². The molecule has 0 aromatic carbocycles. The van der Waals surface area contributed by atoms with Crippen molar-refractivity contribution < 1.29 is 4.79 Å². The quantitative estimate of drug-likeness (QED) is 0.788. The number of rotatable bonds is 8. The lowest BCUT2D eigenvalue weighted by atomic mass is 9.95. The zero-order chi connectivity index (χ0) is 13.5. The van der Waals surface area contributed by atoms with Crippen LogP contribution < -0.4 is 5.73 Å². The summed E-state index contributed by atoms with van der Waals surface area (Å²) in [6.07, 6.45) is 4.27. The van der Waals surface area contributed by atoms with Crippen LogP contribution >= 0.6 is 11.3 Å². The summed E-state index contributed by atoms with van der Waals surface area (Å²) >= 11 is 1.64. The maximum absolute atomic E-state index is 11.9. The van der Waals surface area contributed by atoms with Gasteiger partial charge in [0.25, 0.3) is 0 Å². The molecule has 0 saturated carbocycles. The molecule has 18 heavy (non-hydrogen) atoms. The van der Waals surface area contributed by atoms with Gasteiger partial charge in [0.15, 0.2) is 0 Å². The van der Waals surface area contributed by atoms with E-state index in [1.54, 1.807) is 11.3 Å². The van der Waals surface area contributed by atoms with Gasteiger partial charge in [-0.25, -0.2) is 4.98 Å². The molecular formula is C14H24N2OS. The van der Waals surface area contributed by atoms with Crippen LogP contribution in [0.15, 0.2) is 0 Å². The highest BCUT2D eigenvalue weighted by Gasteiger charge is 2.12. The van der Waals surface area contributed by atoms with Gasteiger partial charge in [0.2, 0.25) is 0 Å². The average molecular weight is 268 g/mol. The van der Waals surface area contributed by atoms with Gasteiger partial charge in [-0.15, -0.1) is 11.3 Å². The molecule has 1 aromatic rings.